The molecule has 1 atom stereocenters. The van der Waals surface area contributed by atoms with Gasteiger partial charge in [0.05, 0.1) is 10.8 Å². The molecule has 0 fully saturated rings. The van der Waals surface area contributed by atoms with Gasteiger partial charge in [-0.25, -0.2) is 0 Å². The number of hydrogen-bond donors (Lipinski definition) is 1. The highest BCUT2D eigenvalue weighted by atomic mass is 16.6. The zero-order valence-electron chi connectivity index (χ0n) is 11.8. The van der Waals surface area contributed by atoms with Gasteiger partial charge in [-0.3, -0.25) is 14.9 Å². The van der Waals surface area contributed by atoms with Crippen LogP contribution in [0.4, 0.5) is 5.69 Å². The minimum Gasteiger partial charge on any atom is -0.481 e. The topological polar surface area (TPSA) is 83.7 Å². The van der Waals surface area contributed by atoms with Crippen LogP contribution in [0, 0.1) is 16.0 Å². The molecule has 110 valence electrons. The highest BCUT2D eigenvalue weighted by Gasteiger charge is 2.17. The molecule has 1 aromatic rings. The fraction of sp³-hybridized carbons (Fsp3) is 0.500. The summed E-state index contributed by atoms with van der Waals surface area (Å²) in [5.74, 6) is -1.27. The number of carboxylic acids is 1. The van der Waals surface area contributed by atoms with Crippen LogP contribution >= 0.6 is 0 Å². The Morgan fingerprint density at radius 3 is 2.65 bits per heavy atom. The molecule has 0 radical (unpaired) electrons. The maximum absolute atomic E-state index is 10.9. The molecule has 1 rings (SSSR count). The van der Waals surface area contributed by atoms with Crippen molar-refractivity contribution in [3.05, 3.63) is 39.9 Å². The summed E-state index contributed by atoms with van der Waals surface area (Å²) in [5, 5.41) is 19.8. The first kappa shape index (κ1) is 16.1. The fourth-order valence-electron chi connectivity index (χ4n) is 2.02. The van der Waals surface area contributed by atoms with Gasteiger partial charge < -0.3 is 10.0 Å². The highest BCUT2D eigenvalue weighted by molar-refractivity contribution is 5.69. The molecule has 0 bridgehead atoms. The molecule has 0 saturated carbocycles. The van der Waals surface area contributed by atoms with E-state index in [9.17, 15) is 14.9 Å². The SMILES string of the molecule is CCN(CCc1ccccc1[N+](=O)[O-])CC(C)C(=O)O. The summed E-state index contributed by atoms with van der Waals surface area (Å²) >= 11 is 0. The number of nitro benzene ring substituents is 1. The number of carbonyl (C=O) groups is 1. The van der Waals surface area contributed by atoms with E-state index in [2.05, 4.69) is 0 Å². The minimum atomic E-state index is -0.825. The molecule has 6 heteroatoms. The summed E-state index contributed by atoms with van der Waals surface area (Å²) in [6, 6.07) is 6.66. The number of likely N-dealkylation sites (N-methyl/N-ethyl adjacent to an activating group) is 1. The van der Waals surface area contributed by atoms with Crippen LogP contribution in [0.3, 0.4) is 0 Å². The summed E-state index contributed by atoms with van der Waals surface area (Å²) in [7, 11) is 0. The molecule has 1 N–H and O–H groups in total. The predicted molar refractivity (Wildman–Crippen MR) is 75.7 cm³/mol. The first-order valence-corrected chi connectivity index (χ1v) is 6.63. The van der Waals surface area contributed by atoms with Crippen LogP contribution in [0.5, 0.6) is 0 Å². The highest BCUT2D eigenvalue weighted by Crippen LogP contribution is 2.18. The molecule has 0 aliphatic rings. The Labute approximate surface area is 118 Å². The van der Waals surface area contributed by atoms with E-state index in [0.29, 0.717) is 25.1 Å². The number of aliphatic carboxylic acids is 1. The largest absolute Gasteiger partial charge is 0.481 e. The van der Waals surface area contributed by atoms with Crippen LogP contribution in [-0.2, 0) is 11.2 Å². The third-order valence-electron chi connectivity index (χ3n) is 3.29. The lowest BCUT2D eigenvalue weighted by atomic mass is 10.1. The van der Waals surface area contributed by atoms with Gasteiger partial charge in [0.2, 0.25) is 0 Å². The lowest BCUT2D eigenvalue weighted by Crippen LogP contribution is -2.33. The Bertz CT molecular complexity index is 476. The maximum atomic E-state index is 10.9. The van der Waals surface area contributed by atoms with Crippen molar-refractivity contribution in [1.29, 1.82) is 0 Å². The van der Waals surface area contributed by atoms with Crippen molar-refractivity contribution in [2.45, 2.75) is 20.3 Å². The monoisotopic (exact) mass is 280 g/mol. The number of benzene rings is 1. The average molecular weight is 280 g/mol. The van der Waals surface area contributed by atoms with E-state index in [1.54, 1.807) is 25.1 Å². The van der Waals surface area contributed by atoms with E-state index < -0.39 is 11.9 Å². The van der Waals surface area contributed by atoms with Crippen molar-refractivity contribution in [2.75, 3.05) is 19.6 Å². The zero-order valence-corrected chi connectivity index (χ0v) is 11.8. The van der Waals surface area contributed by atoms with E-state index in [1.165, 1.54) is 6.07 Å². The molecule has 20 heavy (non-hydrogen) atoms. The Kier molecular flexibility index (Phi) is 6.11. The van der Waals surface area contributed by atoms with Crippen molar-refractivity contribution in [3.8, 4) is 0 Å². The summed E-state index contributed by atoms with van der Waals surface area (Å²) in [6.45, 7) is 5.40. The Morgan fingerprint density at radius 1 is 1.45 bits per heavy atom. The molecule has 0 saturated heterocycles. The molecular formula is C14H20N2O4. The van der Waals surface area contributed by atoms with E-state index in [0.717, 1.165) is 6.54 Å². The molecule has 0 amide bonds. The Balaban J connectivity index is 2.65. The lowest BCUT2D eigenvalue weighted by Gasteiger charge is -2.22. The molecule has 0 spiro atoms. The number of hydrogen-bond acceptors (Lipinski definition) is 4. The van der Waals surface area contributed by atoms with Gasteiger partial charge in [-0.05, 0) is 13.0 Å². The first-order chi connectivity index (χ1) is 9.45. The number of nitrogens with zero attached hydrogens (tertiary/aromatic N) is 2. The summed E-state index contributed by atoms with van der Waals surface area (Å²) in [5.41, 5.74) is 0.800. The third kappa shape index (κ3) is 4.62. The molecule has 0 aliphatic heterocycles. The molecule has 6 nitrogen and oxygen atoms in total. The fourth-order valence-corrected chi connectivity index (χ4v) is 2.02. The summed E-state index contributed by atoms with van der Waals surface area (Å²) in [4.78, 5) is 23.4. The number of para-hydroxylation sites is 1. The molecule has 0 aromatic heterocycles. The number of carboxylic acid groups (broad SMARTS) is 1. The summed E-state index contributed by atoms with van der Waals surface area (Å²) in [6.07, 6.45) is 0.539. The maximum Gasteiger partial charge on any atom is 0.307 e. The van der Waals surface area contributed by atoms with Crippen LogP contribution in [0.25, 0.3) is 0 Å². The van der Waals surface area contributed by atoms with E-state index >= 15 is 0 Å². The average Bonchev–Trinajstić information content (AvgIpc) is 2.43. The van der Waals surface area contributed by atoms with Gasteiger partial charge in [0, 0.05) is 24.7 Å². The lowest BCUT2D eigenvalue weighted by molar-refractivity contribution is -0.385. The molecule has 1 aromatic carbocycles. The normalized spacial score (nSPS) is 12.3. The van der Waals surface area contributed by atoms with Gasteiger partial charge in [0.25, 0.3) is 5.69 Å². The second kappa shape index (κ2) is 7.59. The second-order valence-electron chi connectivity index (χ2n) is 4.77. The smallest absolute Gasteiger partial charge is 0.307 e. The predicted octanol–water partition coefficient (Wildman–Crippen LogP) is 2.18. The summed E-state index contributed by atoms with van der Waals surface area (Å²) < 4.78 is 0. The van der Waals surface area contributed by atoms with Crippen molar-refractivity contribution in [3.63, 3.8) is 0 Å². The van der Waals surface area contributed by atoms with E-state index in [4.69, 9.17) is 5.11 Å². The zero-order chi connectivity index (χ0) is 15.1. The van der Waals surface area contributed by atoms with Gasteiger partial charge in [-0.15, -0.1) is 0 Å². The standard InChI is InChI=1S/C14H20N2O4/c1-3-15(10-11(2)14(17)18)9-8-12-6-4-5-7-13(12)16(19)20/h4-7,11H,3,8-10H2,1-2H3,(H,17,18). The molecular weight excluding hydrogens is 260 g/mol. The van der Waals surface area contributed by atoms with Gasteiger partial charge >= 0.3 is 5.97 Å². The minimum absolute atomic E-state index is 0.120. The van der Waals surface area contributed by atoms with Crippen molar-refractivity contribution in [2.24, 2.45) is 5.92 Å². The third-order valence-corrected chi connectivity index (χ3v) is 3.29. The van der Waals surface area contributed by atoms with Gasteiger partial charge in [-0.2, -0.15) is 0 Å². The van der Waals surface area contributed by atoms with Crippen LogP contribution in [0.15, 0.2) is 24.3 Å². The number of nitro groups is 1. The Morgan fingerprint density at radius 2 is 2.10 bits per heavy atom. The van der Waals surface area contributed by atoms with Crippen LogP contribution in [0.2, 0.25) is 0 Å². The van der Waals surface area contributed by atoms with Gasteiger partial charge in [-0.1, -0.05) is 32.0 Å². The van der Waals surface area contributed by atoms with Crippen molar-refractivity contribution >= 4 is 11.7 Å². The Hall–Kier alpha value is -1.95. The van der Waals surface area contributed by atoms with Crippen molar-refractivity contribution < 1.29 is 14.8 Å². The molecule has 0 aliphatic carbocycles. The van der Waals surface area contributed by atoms with Crippen LogP contribution in [-0.4, -0.2) is 40.5 Å². The van der Waals surface area contributed by atoms with E-state index in [1.807, 2.05) is 11.8 Å². The van der Waals surface area contributed by atoms with Gasteiger partial charge in [0.1, 0.15) is 0 Å². The first-order valence-electron chi connectivity index (χ1n) is 6.63. The second-order valence-corrected chi connectivity index (χ2v) is 4.77. The van der Waals surface area contributed by atoms with Crippen molar-refractivity contribution in [1.82, 2.24) is 4.90 Å². The quantitative estimate of drug-likeness (QED) is 0.583. The van der Waals surface area contributed by atoms with E-state index in [-0.39, 0.29) is 10.6 Å². The van der Waals surface area contributed by atoms with Crippen LogP contribution < -0.4 is 0 Å². The molecule has 0 heterocycles. The van der Waals surface area contributed by atoms with Crippen LogP contribution in [0.1, 0.15) is 19.4 Å². The molecule has 1 unspecified atom stereocenters. The van der Waals surface area contributed by atoms with Gasteiger partial charge in [0.15, 0.2) is 0 Å². The number of rotatable bonds is 8.